The van der Waals surface area contributed by atoms with E-state index < -0.39 is 17.2 Å². The minimum atomic E-state index is -0.549. The number of guanidine groups is 1. The molecule has 0 radical (unpaired) electrons. The molecule has 0 saturated heterocycles. The topological polar surface area (TPSA) is 104 Å². The number of aliphatic imine (C=N–C) groups is 1. The SMILES string of the molecule is CN=C(NCCC(=O)NCc1ccccc1)NCC(C)(C)NC(=O)OC(C)(C)C. The highest BCUT2D eigenvalue weighted by molar-refractivity contribution is 5.81. The Morgan fingerprint density at radius 3 is 2.24 bits per heavy atom. The molecule has 8 heteroatoms. The van der Waals surface area contributed by atoms with Crippen LogP contribution in [-0.2, 0) is 16.1 Å². The molecule has 0 unspecified atom stereocenters. The molecule has 0 spiro atoms. The van der Waals surface area contributed by atoms with Crippen LogP contribution in [0.25, 0.3) is 0 Å². The fraction of sp³-hybridized carbons (Fsp3) is 0.571. The van der Waals surface area contributed by atoms with Crippen molar-refractivity contribution in [2.75, 3.05) is 20.1 Å². The Labute approximate surface area is 173 Å². The number of amides is 2. The monoisotopic (exact) mass is 405 g/mol. The van der Waals surface area contributed by atoms with Crippen molar-refractivity contribution in [1.82, 2.24) is 21.3 Å². The van der Waals surface area contributed by atoms with Crippen molar-refractivity contribution in [2.45, 2.75) is 58.7 Å². The predicted octanol–water partition coefficient (Wildman–Crippen LogP) is 2.16. The summed E-state index contributed by atoms with van der Waals surface area (Å²) in [5, 5.41) is 12.0. The zero-order valence-electron chi connectivity index (χ0n) is 18.4. The lowest BCUT2D eigenvalue weighted by Crippen LogP contribution is -2.54. The van der Waals surface area contributed by atoms with Gasteiger partial charge in [0.1, 0.15) is 5.60 Å². The first kappa shape index (κ1) is 24.3. The molecule has 0 fully saturated rings. The van der Waals surface area contributed by atoms with Crippen LogP contribution in [0.3, 0.4) is 0 Å². The zero-order valence-corrected chi connectivity index (χ0v) is 18.4. The number of hydrogen-bond donors (Lipinski definition) is 4. The van der Waals surface area contributed by atoms with Crippen LogP contribution in [0.4, 0.5) is 4.79 Å². The van der Waals surface area contributed by atoms with Crippen LogP contribution < -0.4 is 21.3 Å². The van der Waals surface area contributed by atoms with Gasteiger partial charge in [0, 0.05) is 33.1 Å². The molecule has 162 valence electrons. The zero-order chi connectivity index (χ0) is 21.9. The molecule has 0 aliphatic carbocycles. The van der Waals surface area contributed by atoms with E-state index in [2.05, 4.69) is 26.3 Å². The minimum Gasteiger partial charge on any atom is -0.444 e. The van der Waals surface area contributed by atoms with Crippen LogP contribution in [0.1, 0.15) is 46.6 Å². The van der Waals surface area contributed by atoms with E-state index in [4.69, 9.17) is 4.74 Å². The van der Waals surface area contributed by atoms with Crippen molar-refractivity contribution in [3.05, 3.63) is 35.9 Å². The van der Waals surface area contributed by atoms with Crippen molar-refractivity contribution in [1.29, 1.82) is 0 Å². The Balaban J connectivity index is 2.31. The number of nitrogens with zero attached hydrogens (tertiary/aromatic N) is 1. The highest BCUT2D eigenvalue weighted by atomic mass is 16.6. The molecule has 0 bridgehead atoms. The first-order valence-electron chi connectivity index (χ1n) is 9.77. The maximum absolute atomic E-state index is 12.0. The minimum absolute atomic E-state index is 0.0382. The van der Waals surface area contributed by atoms with E-state index in [1.54, 1.807) is 7.05 Å². The number of carbonyl (C=O) groups excluding carboxylic acids is 2. The summed E-state index contributed by atoms with van der Waals surface area (Å²) in [5.74, 6) is 0.517. The Morgan fingerprint density at radius 2 is 1.66 bits per heavy atom. The van der Waals surface area contributed by atoms with Gasteiger partial charge in [-0.2, -0.15) is 0 Å². The highest BCUT2D eigenvalue weighted by Crippen LogP contribution is 2.09. The summed E-state index contributed by atoms with van der Waals surface area (Å²) >= 11 is 0. The summed E-state index contributed by atoms with van der Waals surface area (Å²) < 4.78 is 5.28. The van der Waals surface area contributed by atoms with E-state index in [0.717, 1.165) is 5.56 Å². The molecule has 0 heterocycles. The largest absolute Gasteiger partial charge is 0.444 e. The van der Waals surface area contributed by atoms with Crippen molar-refractivity contribution in [2.24, 2.45) is 4.99 Å². The van der Waals surface area contributed by atoms with E-state index >= 15 is 0 Å². The van der Waals surface area contributed by atoms with E-state index in [9.17, 15) is 9.59 Å². The maximum Gasteiger partial charge on any atom is 0.408 e. The molecule has 0 saturated carbocycles. The summed E-state index contributed by atoms with van der Waals surface area (Å²) in [6.07, 6.45) is -0.144. The number of hydrogen-bond acceptors (Lipinski definition) is 4. The molecule has 0 atom stereocenters. The van der Waals surface area contributed by atoms with E-state index in [1.165, 1.54) is 0 Å². The van der Waals surface area contributed by atoms with E-state index in [1.807, 2.05) is 65.0 Å². The van der Waals surface area contributed by atoms with Gasteiger partial charge in [-0.1, -0.05) is 30.3 Å². The van der Waals surface area contributed by atoms with Gasteiger partial charge in [-0.15, -0.1) is 0 Å². The third kappa shape index (κ3) is 11.6. The molecule has 1 aromatic carbocycles. The van der Waals surface area contributed by atoms with Crippen LogP contribution in [0.5, 0.6) is 0 Å². The molecule has 0 aliphatic rings. The summed E-state index contributed by atoms with van der Waals surface area (Å²) in [4.78, 5) is 28.1. The highest BCUT2D eigenvalue weighted by Gasteiger charge is 2.24. The average molecular weight is 406 g/mol. The van der Waals surface area contributed by atoms with E-state index in [-0.39, 0.29) is 5.91 Å². The molecule has 0 aliphatic heterocycles. The van der Waals surface area contributed by atoms with Crippen LogP contribution in [0.15, 0.2) is 35.3 Å². The second kappa shape index (κ2) is 11.3. The van der Waals surface area contributed by atoms with Crippen molar-refractivity contribution < 1.29 is 14.3 Å². The molecule has 1 rings (SSSR count). The molecule has 4 N–H and O–H groups in total. The Hall–Kier alpha value is -2.77. The van der Waals surface area contributed by atoms with Gasteiger partial charge in [-0.25, -0.2) is 4.79 Å². The molecule has 8 nitrogen and oxygen atoms in total. The van der Waals surface area contributed by atoms with E-state index in [0.29, 0.717) is 32.0 Å². The summed E-state index contributed by atoms with van der Waals surface area (Å²) in [7, 11) is 1.65. The molecular formula is C21H35N5O3. The van der Waals surface area contributed by atoms with Gasteiger partial charge in [0.2, 0.25) is 5.91 Å². The van der Waals surface area contributed by atoms with Crippen LogP contribution in [0, 0.1) is 0 Å². The lowest BCUT2D eigenvalue weighted by Gasteiger charge is -2.29. The van der Waals surface area contributed by atoms with Crippen molar-refractivity contribution in [3.63, 3.8) is 0 Å². The molecule has 29 heavy (non-hydrogen) atoms. The number of carbonyl (C=O) groups is 2. The number of rotatable bonds is 8. The standard InChI is InChI=1S/C21H35N5O3/c1-20(2,3)29-19(28)26-21(4,5)15-25-18(22-6)23-13-12-17(27)24-14-16-10-8-7-9-11-16/h7-11H,12-15H2,1-6H3,(H,24,27)(H,26,28)(H2,22,23,25). The Bertz CT molecular complexity index is 681. The lowest BCUT2D eigenvalue weighted by molar-refractivity contribution is -0.121. The lowest BCUT2D eigenvalue weighted by atomic mass is 10.1. The summed E-state index contributed by atoms with van der Waals surface area (Å²) in [6.45, 7) is 10.6. The first-order chi connectivity index (χ1) is 13.5. The fourth-order valence-corrected chi connectivity index (χ4v) is 2.33. The smallest absolute Gasteiger partial charge is 0.408 e. The first-order valence-corrected chi connectivity index (χ1v) is 9.77. The van der Waals surface area contributed by atoms with Gasteiger partial charge in [-0.3, -0.25) is 9.79 Å². The second-order valence-corrected chi connectivity index (χ2v) is 8.38. The van der Waals surface area contributed by atoms with Gasteiger partial charge in [-0.05, 0) is 40.2 Å². The van der Waals surface area contributed by atoms with Crippen molar-refractivity contribution in [3.8, 4) is 0 Å². The number of ether oxygens (including phenoxy) is 1. The second-order valence-electron chi connectivity index (χ2n) is 8.38. The van der Waals surface area contributed by atoms with Crippen molar-refractivity contribution >= 4 is 18.0 Å². The van der Waals surface area contributed by atoms with Gasteiger partial charge < -0.3 is 26.0 Å². The summed E-state index contributed by atoms with van der Waals surface area (Å²) in [6, 6.07) is 9.77. The number of benzene rings is 1. The normalized spacial score (nSPS) is 12.1. The van der Waals surface area contributed by atoms with Gasteiger partial charge in [0.15, 0.2) is 5.96 Å². The van der Waals surface area contributed by atoms with Gasteiger partial charge in [0.05, 0.1) is 5.54 Å². The quantitative estimate of drug-likeness (QED) is 0.392. The molecule has 0 aromatic heterocycles. The van der Waals surface area contributed by atoms with Crippen LogP contribution >= 0.6 is 0 Å². The predicted molar refractivity (Wildman–Crippen MR) is 116 cm³/mol. The molecular weight excluding hydrogens is 370 g/mol. The van der Waals surface area contributed by atoms with Gasteiger partial charge >= 0.3 is 6.09 Å². The van der Waals surface area contributed by atoms with Crippen LogP contribution in [0.2, 0.25) is 0 Å². The fourth-order valence-electron chi connectivity index (χ4n) is 2.33. The van der Waals surface area contributed by atoms with Gasteiger partial charge in [0.25, 0.3) is 0 Å². The molecule has 2 amide bonds. The third-order valence-corrected chi connectivity index (χ3v) is 3.74. The Morgan fingerprint density at radius 1 is 1.00 bits per heavy atom. The summed E-state index contributed by atoms with van der Waals surface area (Å²) in [5.41, 5.74) is -0.0368. The Kier molecular flexibility index (Phi) is 9.44. The third-order valence-electron chi connectivity index (χ3n) is 3.74. The molecule has 1 aromatic rings. The number of nitrogens with one attached hydrogen (secondary N) is 4. The number of alkyl carbamates (subject to hydrolysis) is 1. The maximum atomic E-state index is 12.0. The van der Waals surface area contributed by atoms with Crippen LogP contribution in [-0.4, -0.2) is 49.2 Å². The average Bonchev–Trinajstić information content (AvgIpc) is 2.61.